The van der Waals surface area contributed by atoms with Gasteiger partial charge in [0.05, 0.1) is 6.10 Å². The van der Waals surface area contributed by atoms with Crippen molar-refractivity contribution in [2.75, 3.05) is 39.0 Å². The Morgan fingerprint density at radius 3 is 2.95 bits per heavy atom. The Hall–Kier alpha value is -1.25. The predicted octanol–water partition coefficient (Wildman–Crippen LogP) is 0.107. The second-order valence-corrected chi connectivity index (χ2v) is 6.18. The summed E-state index contributed by atoms with van der Waals surface area (Å²) in [5.74, 6) is -0.143. The largest absolute Gasteiger partial charge is 0.391 e. The third-order valence-electron chi connectivity index (χ3n) is 3.17. The lowest BCUT2D eigenvalue weighted by molar-refractivity contribution is 0.0698. The van der Waals surface area contributed by atoms with Gasteiger partial charge in [0.1, 0.15) is 0 Å². The molecule has 0 aliphatic carbocycles. The highest BCUT2D eigenvalue weighted by Gasteiger charge is 2.36. The van der Waals surface area contributed by atoms with E-state index in [1.54, 1.807) is 4.90 Å². The zero-order valence-electron chi connectivity index (χ0n) is 12.0. The molecule has 2 rings (SSSR count). The number of nitrogens with one attached hydrogen (secondary N) is 1. The number of rotatable bonds is 5. The van der Waals surface area contributed by atoms with Gasteiger partial charge in [-0.05, 0) is 27.4 Å². The number of aliphatic hydroxyl groups is 1. The van der Waals surface area contributed by atoms with Crippen LogP contribution in [0.15, 0.2) is 0 Å². The van der Waals surface area contributed by atoms with E-state index in [0.29, 0.717) is 23.1 Å². The van der Waals surface area contributed by atoms with Gasteiger partial charge in [0.2, 0.25) is 10.1 Å². The number of carbonyl (C=O) groups excluding carboxylic acids is 1. The Morgan fingerprint density at radius 2 is 2.30 bits per heavy atom. The highest BCUT2D eigenvalue weighted by Crippen LogP contribution is 2.23. The van der Waals surface area contributed by atoms with Gasteiger partial charge in [-0.25, -0.2) is 0 Å². The van der Waals surface area contributed by atoms with E-state index in [4.69, 9.17) is 0 Å². The maximum atomic E-state index is 12.5. The third-order valence-corrected chi connectivity index (χ3v) is 4.03. The van der Waals surface area contributed by atoms with Crippen molar-refractivity contribution < 1.29 is 9.90 Å². The Morgan fingerprint density at radius 1 is 1.55 bits per heavy atom. The Kier molecular flexibility index (Phi) is 4.90. The van der Waals surface area contributed by atoms with Crippen LogP contribution in [0, 0.1) is 0 Å². The summed E-state index contributed by atoms with van der Waals surface area (Å²) >= 11 is 1.25. The molecule has 1 aliphatic rings. The number of hydrogen-bond donors (Lipinski definition) is 2. The molecule has 1 aliphatic heterocycles. The maximum absolute atomic E-state index is 12.5. The molecule has 8 heteroatoms. The number of β-amino-alcohol motifs (C(OH)–C–C–N with tert-alkyl or cyclic N) is 1. The van der Waals surface area contributed by atoms with Crippen molar-refractivity contribution in [2.24, 2.45) is 0 Å². The van der Waals surface area contributed by atoms with Crippen LogP contribution < -0.4 is 5.32 Å². The standard InChI is InChI=1S/C12H21N5O2S/c1-4-13-12-15-14-10(20-12)11(19)17-7-9(18)5-8(17)6-16(2)3/h8-9,18H,4-7H2,1-3H3,(H,13,15). The average molecular weight is 299 g/mol. The zero-order valence-corrected chi connectivity index (χ0v) is 12.9. The fourth-order valence-corrected chi connectivity index (χ4v) is 3.16. The van der Waals surface area contributed by atoms with E-state index in [9.17, 15) is 9.90 Å². The van der Waals surface area contributed by atoms with E-state index in [0.717, 1.165) is 13.1 Å². The predicted molar refractivity (Wildman–Crippen MR) is 78.1 cm³/mol. The zero-order chi connectivity index (χ0) is 14.7. The number of carbonyl (C=O) groups is 1. The first-order chi connectivity index (χ1) is 9.51. The molecule has 2 unspecified atom stereocenters. The van der Waals surface area contributed by atoms with Gasteiger partial charge in [-0.3, -0.25) is 4.79 Å². The molecule has 0 saturated carbocycles. The molecule has 20 heavy (non-hydrogen) atoms. The molecule has 0 bridgehead atoms. The molecule has 0 aromatic carbocycles. The summed E-state index contributed by atoms with van der Waals surface area (Å²) in [4.78, 5) is 16.2. The van der Waals surface area contributed by atoms with Crippen LogP contribution in [0.5, 0.6) is 0 Å². The molecule has 1 fully saturated rings. The smallest absolute Gasteiger partial charge is 0.285 e. The van der Waals surface area contributed by atoms with Crippen LogP contribution in [0.4, 0.5) is 5.13 Å². The number of nitrogens with zero attached hydrogens (tertiary/aromatic N) is 4. The monoisotopic (exact) mass is 299 g/mol. The fourth-order valence-electron chi connectivity index (χ4n) is 2.39. The van der Waals surface area contributed by atoms with Crippen molar-refractivity contribution in [2.45, 2.75) is 25.5 Å². The lowest BCUT2D eigenvalue weighted by Crippen LogP contribution is -2.41. The molecule has 1 aromatic rings. The number of anilines is 1. The minimum Gasteiger partial charge on any atom is -0.391 e. The molecule has 1 amide bonds. The minimum absolute atomic E-state index is 0.0268. The molecule has 0 radical (unpaired) electrons. The third kappa shape index (κ3) is 3.44. The summed E-state index contributed by atoms with van der Waals surface area (Å²) < 4.78 is 0. The molecule has 2 N–H and O–H groups in total. The van der Waals surface area contributed by atoms with Gasteiger partial charge in [-0.2, -0.15) is 0 Å². The average Bonchev–Trinajstić information content (AvgIpc) is 2.95. The Labute approximate surface area is 122 Å². The van der Waals surface area contributed by atoms with Crippen LogP contribution >= 0.6 is 11.3 Å². The van der Waals surface area contributed by atoms with Gasteiger partial charge < -0.3 is 20.2 Å². The summed E-state index contributed by atoms with van der Waals surface area (Å²) in [7, 11) is 3.92. The van der Waals surface area contributed by atoms with Crippen LogP contribution in [0.25, 0.3) is 0 Å². The number of amides is 1. The van der Waals surface area contributed by atoms with Crippen molar-refractivity contribution in [1.29, 1.82) is 0 Å². The van der Waals surface area contributed by atoms with Crippen LogP contribution in [0.2, 0.25) is 0 Å². The second kappa shape index (κ2) is 6.47. The second-order valence-electron chi connectivity index (χ2n) is 5.21. The van der Waals surface area contributed by atoms with Gasteiger partial charge in [-0.15, -0.1) is 10.2 Å². The first-order valence-corrected chi connectivity index (χ1v) is 7.54. The highest BCUT2D eigenvalue weighted by atomic mass is 32.1. The van der Waals surface area contributed by atoms with E-state index >= 15 is 0 Å². The summed E-state index contributed by atoms with van der Waals surface area (Å²) in [5.41, 5.74) is 0. The molecular weight excluding hydrogens is 278 g/mol. The number of likely N-dealkylation sites (tertiary alicyclic amines) is 1. The van der Waals surface area contributed by atoms with E-state index in [1.807, 2.05) is 25.9 Å². The molecule has 1 aromatic heterocycles. The topological polar surface area (TPSA) is 81.6 Å². The Bertz CT molecular complexity index is 464. The van der Waals surface area contributed by atoms with E-state index in [2.05, 4.69) is 15.5 Å². The van der Waals surface area contributed by atoms with Gasteiger partial charge in [-0.1, -0.05) is 11.3 Å². The molecule has 112 valence electrons. The molecule has 0 spiro atoms. The molecule has 2 heterocycles. The lowest BCUT2D eigenvalue weighted by atomic mass is 10.2. The molecule has 1 saturated heterocycles. The number of aromatic nitrogens is 2. The van der Waals surface area contributed by atoms with Gasteiger partial charge in [0.25, 0.3) is 5.91 Å². The van der Waals surface area contributed by atoms with Crippen LogP contribution in [-0.4, -0.2) is 76.9 Å². The summed E-state index contributed by atoms with van der Waals surface area (Å²) in [6, 6.07) is 0.0268. The Balaban J connectivity index is 2.09. The normalized spacial score (nSPS) is 22.6. The molecule has 7 nitrogen and oxygen atoms in total. The van der Waals surface area contributed by atoms with E-state index in [1.165, 1.54) is 11.3 Å². The van der Waals surface area contributed by atoms with E-state index < -0.39 is 6.10 Å². The molecular formula is C12H21N5O2S. The van der Waals surface area contributed by atoms with Crippen molar-refractivity contribution in [3.05, 3.63) is 5.01 Å². The number of hydrogen-bond acceptors (Lipinski definition) is 7. The van der Waals surface area contributed by atoms with Gasteiger partial charge in [0.15, 0.2) is 0 Å². The van der Waals surface area contributed by atoms with Crippen LogP contribution in [-0.2, 0) is 0 Å². The highest BCUT2D eigenvalue weighted by molar-refractivity contribution is 7.17. The van der Waals surface area contributed by atoms with Crippen LogP contribution in [0.3, 0.4) is 0 Å². The first kappa shape index (κ1) is 15.1. The summed E-state index contributed by atoms with van der Waals surface area (Å²) in [6.07, 6.45) is 0.160. The summed E-state index contributed by atoms with van der Waals surface area (Å²) in [5, 5.41) is 21.8. The SMILES string of the molecule is CCNc1nnc(C(=O)N2CC(O)CC2CN(C)C)s1. The van der Waals surface area contributed by atoms with Gasteiger partial charge in [0, 0.05) is 25.7 Å². The quantitative estimate of drug-likeness (QED) is 0.803. The van der Waals surface area contributed by atoms with Gasteiger partial charge >= 0.3 is 0 Å². The minimum atomic E-state index is -0.454. The number of aliphatic hydroxyl groups excluding tert-OH is 1. The van der Waals surface area contributed by atoms with Crippen molar-refractivity contribution in [3.63, 3.8) is 0 Å². The van der Waals surface area contributed by atoms with Crippen molar-refractivity contribution >= 4 is 22.4 Å². The lowest BCUT2D eigenvalue weighted by Gasteiger charge is -2.25. The van der Waals surface area contributed by atoms with Crippen molar-refractivity contribution in [1.82, 2.24) is 20.0 Å². The maximum Gasteiger partial charge on any atom is 0.285 e. The fraction of sp³-hybridized carbons (Fsp3) is 0.750. The van der Waals surface area contributed by atoms with Crippen LogP contribution in [0.1, 0.15) is 23.1 Å². The molecule has 2 atom stereocenters. The summed E-state index contributed by atoms with van der Waals surface area (Å²) in [6.45, 7) is 3.82. The number of likely N-dealkylation sites (N-methyl/N-ethyl adjacent to an activating group) is 1. The van der Waals surface area contributed by atoms with Crippen molar-refractivity contribution in [3.8, 4) is 0 Å². The first-order valence-electron chi connectivity index (χ1n) is 6.72. The van der Waals surface area contributed by atoms with E-state index in [-0.39, 0.29) is 11.9 Å².